The monoisotopic (exact) mass is 344 g/mol. The van der Waals surface area contributed by atoms with Gasteiger partial charge in [-0.15, -0.1) is 0 Å². The summed E-state index contributed by atoms with van der Waals surface area (Å²) in [4.78, 5) is 4.12. The highest BCUT2D eigenvalue weighted by atomic mass is 79.9. The minimum absolute atomic E-state index is 0.343. The molecule has 0 aromatic carbocycles. The Morgan fingerprint density at radius 2 is 2.16 bits per heavy atom. The maximum atomic E-state index is 13.4. The summed E-state index contributed by atoms with van der Waals surface area (Å²) in [7, 11) is -1.06. The first kappa shape index (κ1) is 14.7. The Labute approximate surface area is 121 Å². The van der Waals surface area contributed by atoms with E-state index in [1.54, 1.807) is 0 Å². The molecule has 0 aliphatic rings. The van der Waals surface area contributed by atoms with Gasteiger partial charge in [-0.1, -0.05) is 19.6 Å². The third-order valence-corrected chi connectivity index (χ3v) is 5.42. The van der Waals surface area contributed by atoms with Crippen molar-refractivity contribution in [3.8, 4) is 0 Å². The zero-order valence-corrected chi connectivity index (χ0v) is 14.0. The maximum absolute atomic E-state index is 13.4. The van der Waals surface area contributed by atoms with Gasteiger partial charge in [0.2, 0.25) is 0 Å². The summed E-state index contributed by atoms with van der Waals surface area (Å²) in [5.41, 5.74) is 0.737. The van der Waals surface area contributed by atoms with Gasteiger partial charge in [0, 0.05) is 26.3 Å². The summed E-state index contributed by atoms with van der Waals surface area (Å²) in [6.45, 7) is 8.19. The Kier molecular flexibility index (Phi) is 4.42. The van der Waals surface area contributed by atoms with Crippen LogP contribution in [-0.4, -0.2) is 24.2 Å². The summed E-state index contributed by atoms with van der Waals surface area (Å²) in [6, 6.07) is 2.98. The molecule has 0 N–H and O–H groups in total. The molecule has 0 bridgehead atoms. The Morgan fingerprint density at radius 3 is 2.84 bits per heavy atom. The van der Waals surface area contributed by atoms with Crippen LogP contribution in [0.1, 0.15) is 0 Å². The molecule has 2 aromatic rings. The largest absolute Gasteiger partial charge is 0.361 e. The van der Waals surface area contributed by atoms with E-state index >= 15 is 0 Å². The van der Waals surface area contributed by atoms with E-state index in [1.165, 1.54) is 6.20 Å². The third kappa shape index (κ3) is 3.64. The Morgan fingerprint density at radius 1 is 1.42 bits per heavy atom. The number of fused-ring (bicyclic) bond motifs is 1. The van der Waals surface area contributed by atoms with Crippen molar-refractivity contribution >= 4 is 35.0 Å². The van der Waals surface area contributed by atoms with Gasteiger partial charge in [0.05, 0.1) is 10.7 Å². The van der Waals surface area contributed by atoms with E-state index in [-0.39, 0.29) is 5.82 Å². The van der Waals surface area contributed by atoms with Gasteiger partial charge in [-0.2, -0.15) is 0 Å². The predicted molar refractivity (Wildman–Crippen MR) is 81.5 cm³/mol. The molecule has 0 amide bonds. The predicted octanol–water partition coefficient (Wildman–Crippen LogP) is 4.25. The quantitative estimate of drug-likeness (QED) is 0.598. The standard InChI is InChI=1S/C13H18BrFN2OSi/c1-19(2,3)7-6-18-9-17-5-4-10-12(14)11(15)8-16-13(10)17/h4-5,8H,6-7,9H2,1-3H3. The topological polar surface area (TPSA) is 27.1 Å². The van der Waals surface area contributed by atoms with Crippen LogP contribution in [0, 0.1) is 5.82 Å². The normalized spacial score (nSPS) is 12.3. The van der Waals surface area contributed by atoms with Gasteiger partial charge in [0.1, 0.15) is 12.4 Å². The van der Waals surface area contributed by atoms with Crippen LogP contribution in [0.25, 0.3) is 11.0 Å². The Hall–Kier alpha value is -0.723. The molecular weight excluding hydrogens is 327 g/mol. The summed E-state index contributed by atoms with van der Waals surface area (Å²) >= 11 is 3.24. The highest BCUT2D eigenvalue weighted by Crippen LogP contribution is 2.25. The average molecular weight is 345 g/mol. The van der Waals surface area contributed by atoms with Crippen molar-refractivity contribution in [1.29, 1.82) is 0 Å². The molecule has 0 unspecified atom stereocenters. The molecule has 0 aliphatic carbocycles. The van der Waals surface area contributed by atoms with Crippen LogP contribution in [0.15, 0.2) is 22.9 Å². The molecule has 0 spiro atoms. The molecule has 2 heterocycles. The van der Waals surface area contributed by atoms with E-state index in [1.807, 2.05) is 16.8 Å². The Balaban J connectivity index is 2.04. The van der Waals surface area contributed by atoms with E-state index in [4.69, 9.17) is 4.74 Å². The number of nitrogens with zero attached hydrogens (tertiary/aromatic N) is 2. The summed E-state index contributed by atoms with van der Waals surface area (Å²) in [5.74, 6) is -0.343. The molecule has 0 saturated heterocycles. The van der Waals surface area contributed by atoms with Gasteiger partial charge in [0.15, 0.2) is 5.82 Å². The number of aromatic nitrogens is 2. The van der Waals surface area contributed by atoms with E-state index in [0.717, 1.165) is 23.7 Å². The van der Waals surface area contributed by atoms with Gasteiger partial charge in [-0.25, -0.2) is 9.37 Å². The zero-order valence-electron chi connectivity index (χ0n) is 11.4. The SMILES string of the molecule is C[Si](C)(C)CCOCn1ccc2c(Br)c(F)cnc21. The fourth-order valence-electron chi connectivity index (χ4n) is 1.73. The lowest BCUT2D eigenvalue weighted by Gasteiger charge is -2.15. The first-order chi connectivity index (χ1) is 8.88. The minimum atomic E-state index is -1.06. The third-order valence-electron chi connectivity index (χ3n) is 2.91. The van der Waals surface area contributed by atoms with Gasteiger partial charge in [-0.3, -0.25) is 0 Å². The number of hydrogen-bond donors (Lipinski definition) is 0. The molecule has 2 aromatic heterocycles. The van der Waals surface area contributed by atoms with Gasteiger partial charge >= 0.3 is 0 Å². The molecule has 0 radical (unpaired) electrons. The lowest BCUT2D eigenvalue weighted by Crippen LogP contribution is -2.22. The molecule has 3 nitrogen and oxygen atoms in total. The van der Waals surface area contributed by atoms with E-state index in [9.17, 15) is 4.39 Å². The van der Waals surface area contributed by atoms with Crippen molar-refractivity contribution in [1.82, 2.24) is 9.55 Å². The fourth-order valence-corrected chi connectivity index (χ4v) is 2.90. The van der Waals surface area contributed by atoms with E-state index in [0.29, 0.717) is 11.2 Å². The number of halogens is 2. The van der Waals surface area contributed by atoms with Crippen LogP contribution < -0.4 is 0 Å². The number of rotatable bonds is 5. The van der Waals surface area contributed by atoms with Crippen molar-refractivity contribution in [2.75, 3.05) is 6.61 Å². The molecule has 0 fully saturated rings. The fraction of sp³-hybridized carbons (Fsp3) is 0.462. The highest BCUT2D eigenvalue weighted by Gasteiger charge is 2.13. The van der Waals surface area contributed by atoms with Gasteiger partial charge in [0.25, 0.3) is 0 Å². The van der Waals surface area contributed by atoms with E-state index in [2.05, 4.69) is 40.6 Å². The zero-order chi connectivity index (χ0) is 14.0. The van der Waals surface area contributed by atoms with Crippen LogP contribution in [0.3, 0.4) is 0 Å². The van der Waals surface area contributed by atoms with E-state index < -0.39 is 8.07 Å². The van der Waals surface area contributed by atoms with Crippen molar-refractivity contribution in [2.45, 2.75) is 32.4 Å². The van der Waals surface area contributed by atoms with Crippen LogP contribution in [-0.2, 0) is 11.5 Å². The lowest BCUT2D eigenvalue weighted by atomic mass is 10.3. The van der Waals surface area contributed by atoms with Gasteiger partial charge < -0.3 is 9.30 Å². The van der Waals surface area contributed by atoms with Crippen LogP contribution >= 0.6 is 15.9 Å². The first-order valence-electron chi connectivity index (χ1n) is 6.25. The van der Waals surface area contributed by atoms with Crippen molar-refractivity contribution in [3.05, 3.63) is 28.7 Å². The average Bonchev–Trinajstić information content (AvgIpc) is 2.72. The van der Waals surface area contributed by atoms with Crippen LogP contribution in [0.5, 0.6) is 0 Å². The molecule has 2 rings (SSSR count). The Bertz CT molecular complexity index is 580. The molecule has 0 atom stereocenters. The second-order valence-corrected chi connectivity index (χ2v) is 12.2. The molecule has 104 valence electrons. The number of ether oxygens (including phenoxy) is 1. The molecule has 0 aliphatic heterocycles. The highest BCUT2D eigenvalue weighted by molar-refractivity contribution is 9.10. The van der Waals surface area contributed by atoms with Crippen molar-refractivity contribution < 1.29 is 9.13 Å². The molecule has 6 heteroatoms. The van der Waals surface area contributed by atoms with Crippen molar-refractivity contribution in [2.24, 2.45) is 0 Å². The molecule has 19 heavy (non-hydrogen) atoms. The summed E-state index contributed by atoms with van der Waals surface area (Å²) in [5, 5.41) is 0.772. The van der Waals surface area contributed by atoms with Gasteiger partial charge in [-0.05, 0) is 28.0 Å². The number of pyridine rings is 1. The second kappa shape index (κ2) is 5.72. The molecule has 0 saturated carbocycles. The van der Waals surface area contributed by atoms with Crippen molar-refractivity contribution in [3.63, 3.8) is 0 Å². The molecular formula is C13H18BrFN2OSi. The lowest BCUT2D eigenvalue weighted by molar-refractivity contribution is 0.0899. The smallest absolute Gasteiger partial charge is 0.156 e. The summed E-state index contributed by atoms with van der Waals surface area (Å²) in [6.07, 6.45) is 3.10. The second-order valence-electron chi connectivity index (χ2n) is 5.79. The maximum Gasteiger partial charge on any atom is 0.156 e. The minimum Gasteiger partial charge on any atom is -0.361 e. The first-order valence-corrected chi connectivity index (χ1v) is 10.7. The van der Waals surface area contributed by atoms with Crippen LogP contribution in [0.4, 0.5) is 4.39 Å². The van der Waals surface area contributed by atoms with Crippen LogP contribution in [0.2, 0.25) is 25.7 Å². The summed E-state index contributed by atoms with van der Waals surface area (Å²) < 4.78 is 21.4. The number of hydrogen-bond acceptors (Lipinski definition) is 2.